The number of aromatic nitrogens is 2. The van der Waals surface area contributed by atoms with Crippen molar-refractivity contribution >= 4 is 0 Å². The van der Waals surface area contributed by atoms with Crippen molar-refractivity contribution < 1.29 is 4.39 Å². The maximum absolute atomic E-state index is 14.0. The molecule has 1 aliphatic rings. The van der Waals surface area contributed by atoms with Gasteiger partial charge in [0.2, 0.25) is 0 Å². The predicted octanol–water partition coefficient (Wildman–Crippen LogP) is 2.16. The first-order chi connectivity index (χ1) is 15.1. The van der Waals surface area contributed by atoms with Gasteiger partial charge in [-0.2, -0.15) is 5.10 Å². The van der Waals surface area contributed by atoms with Crippen molar-refractivity contribution in [2.24, 2.45) is 5.73 Å². The van der Waals surface area contributed by atoms with Gasteiger partial charge in [0.15, 0.2) is 0 Å². The number of hydrogen-bond donors (Lipinski definition) is 2. The Balaban J connectivity index is 1.69. The van der Waals surface area contributed by atoms with E-state index >= 15 is 0 Å². The Hall–Kier alpha value is -2.87. The van der Waals surface area contributed by atoms with Gasteiger partial charge in [0.05, 0.1) is 5.69 Å². The Labute approximate surface area is 181 Å². The van der Waals surface area contributed by atoms with Crippen LogP contribution >= 0.6 is 0 Å². The van der Waals surface area contributed by atoms with Crippen LogP contribution in [0.2, 0.25) is 0 Å². The summed E-state index contributed by atoms with van der Waals surface area (Å²) >= 11 is 0. The van der Waals surface area contributed by atoms with E-state index in [1.807, 2.05) is 36.4 Å². The van der Waals surface area contributed by atoms with Crippen LogP contribution in [0.15, 0.2) is 59.4 Å². The van der Waals surface area contributed by atoms with E-state index in [2.05, 4.69) is 15.3 Å². The maximum Gasteiger partial charge on any atom is 0.271 e. The van der Waals surface area contributed by atoms with Crippen molar-refractivity contribution in [3.8, 4) is 11.3 Å². The third kappa shape index (κ3) is 5.25. The lowest BCUT2D eigenvalue weighted by Crippen LogP contribution is -2.44. The molecule has 3 aromatic rings. The summed E-state index contributed by atoms with van der Waals surface area (Å²) in [5.41, 5.74) is 9.33. The van der Waals surface area contributed by atoms with Crippen LogP contribution in [0.4, 0.5) is 4.39 Å². The zero-order chi connectivity index (χ0) is 21.6. The number of nitrogens with two attached hydrogens (primary N) is 1. The number of nitrogens with one attached hydrogen (secondary N) is 1. The van der Waals surface area contributed by atoms with Crippen molar-refractivity contribution in [3.05, 3.63) is 87.5 Å². The average molecular weight is 422 g/mol. The van der Waals surface area contributed by atoms with Crippen molar-refractivity contribution in [3.63, 3.8) is 0 Å². The fourth-order valence-electron chi connectivity index (χ4n) is 3.88. The number of piperazine rings is 1. The van der Waals surface area contributed by atoms with Gasteiger partial charge in [-0.1, -0.05) is 30.3 Å². The Bertz CT molecular complexity index is 1080. The minimum Gasteiger partial charge on any atom is -0.326 e. The van der Waals surface area contributed by atoms with E-state index in [1.165, 1.54) is 6.07 Å². The molecule has 0 radical (unpaired) electrons. The first kappa shape index (κ1) is 21.4. The van der Waals surface area contributed by atoms with Crippen molar-refractivity contribution in [1.29, 1.82) is 0 Å². The molecule has 0 spiro atoms. The second kappa shape index (κ2) is 9.96. The summed E-state index contributed by atoms with van der Waals surface area (Å²) in [5, 5.41) is 7.96. The molecule has 0 amide bonds. The monoisotopic (exact) mass is 421 g/mol. The van der Waals surface area contributed by atoms with Gasteiger partial charge in [0, 0.05) is 62.5 Å². The Morgan fingerprint density at radius 2 is 1.81 bits per heavy atom. The van der Waals surface area contributed by atoms with Gasteiger partial charge in [0.25, 0.3) is 5.56 Å². The molecule has 1 fully saturated rings. The highest BCUT2D eigenvalue weighted by Crippen LogP contribution is 2.21. The highest BCUT2D eigenvalue weighted by atomic mass is 19.1. The summed E-state index contributed by atoms with van der Waals surface area (Å²) in [7, 11) is 0. The van der Waals surface area contributed by atoms with E-state index in [4.69, 9.17) is 5.73 Å². The van der Waals surface area contributed by atoms with Gasteiger partial charge in [0.1, 0.15) is 5.82 Å². The molecule has 162 valence electrons. The lowest BCUT2D eigenvalue weighted by Gasteiger charge is -2.27. The highest BCUT2D eigenvalue weighted by Gasteiger charge is 2.16. The van der Waals surface area contributed by atoms with Crippen molar-refractivity contribution in [2.45, 2.75) is 26.1 Å². The number of nitrogens with zero attached hydrogens (tertiary/aromatic N) is 3. The molecular formula is C24H28FN5O. The zero-order valence-electron chi connectivity index (χ0n) is 17.6. The maximum atomic E-state index is 14.0. The fraction of sp³-hybridized carbons (Fsp3) is 0.333. The van der Waals surface area contributed by atoms with Gasteiger partial charge in [-0.25, -0.2) is 9.07 Å². The fourth-order valence-corrected chi connectivity index (χ4v) is 3.88. The quantitative estimate of drug-likeness (QED) is 0.612. The summed E-state index contributed by atoms with van der Waals surface area (Å²) in [6.45, 7) is 4.79. The van der Waals surface area contributed by atoms with Gasteiger partial charge in [-0.3, -0.25) is 9.69 Å². The van der Waals surface area contributed by atoms with E-state index < -0.39 is 0 Å². The molecule has 1 saturated heterocycles. The zero-order valence-corrected chi connectivity index (χ0v) is 17.6. The molecule has 3 N–H and O–H groups in total. The topological polar surface area (TPSA) is 76.2 Å². The van der Waals surface area contributed by atoms with Gasteiger partial charge < -0.3 is 11.1 Å². The van der Waals surface area contributed by atoms with Crippen molar-refractivity contribution in [1.82, 2.24) is 20.0 Å². The minimum atomic E-state index is -0.329. The largest absolute Gasteiger partial charge is 0.326 e. The van der Waals surface area contributed by atoms with Crippen LogP contribution in [0.25, 0.3) is 11.3 Å². The lowest BCUT2D eigenvalue weighted by molar-refractivity contribution is 0.231. The first-order valence-corrected chi connectivity index (χ1v) is 10.7. The molecule has 7 heteroatoms. The third-order valence-electron chi connectivity index (χ3n) is 5.67. The number of halogens is 1. The molecule has 2 aromatic carbocycles. The molecular weight excluding hydrogens is 393 g/mol. The Kier molecular flexibility index (Phi) is 6.86. The van der Waals surface area contributed by atoms with Crippen LogP contribution in [0, 0.1) is 5.82 Å². The highest BCUT2D eigenvalue weighted by molar-refractivity contribution is 5.60. The summed E-state index contributed by atoms with van der Waals surface area (Å²) < 4.78 is 15.5. The van der Waals surface area contributed by atoms with Crippen LogP contribution in [0.5, 0.6) is 0 Å². The summed E-state index contributed by atoms with van der Waals surface area (Å²) in [5.74, 6) is -0.329. The number of benzene rings is 2. The number of aryl methyl sites for hydroxylation is 2. The second-order valence-corrected chi connectivity index (χ2v) is 7.86. The van der Waals surface area contributed by atoms with Gasteiger partial charge in [-0.05, 0) is 36.2 Å². The van der Waals surface area contributed by atoms with Crippen LogP contribution < -0.4 is 16.6 Å². The third-order valence-corrected chi connectivity index (χ3v) is 5.67. The van der Waals surface area contributed by atoms with Gasteiger partial charge in [-0.15, -0.1) is 0 Å². The second-order valence-electron chi connectivity index (χ2n) is 7.86. The Morgan fingerprint density at radius 3 is 2.55 bits per heavy atom. The molecule has 0 atom stereocenters. The number of rotatable bonds is 7. The number of hydrogen-bond acceptors (Lipinski definition) is 5. The standard InChI is InChI=1S/C24H28FN5O/c25-22-7-6-19(14-20(22)16-26)23-15-21(17-29-12-9-27-10-13-29)24(31)30(28-23)11-8-18-4-2-1-3-5-18/h1-7,14-15,27H,8-13,16-17,26H2. The molecule has 1 aromatic heterocycles. The molecule has 0 saturated carbocycles. The molecule has 1 aliphatic heterocycles. The van der Waals surface area contributed by atoms with E-state index in [0.29, 0.717) is 36.3 Å². The molecule has 2 heterocycles. The predicted molar refractivity (Wildman–Crippen MR) is 120 cm³/mol. The lowest BCUT2D eigenvalue weighted by atomic mass is 10.1. The SMILES string of the molecule is NCc1cc(-c2cc(CN3CCNCC3)c(=O)n(CCc3ccccc3)n2)ccc1F. The molecule has 0 bridgehead atoms. The first-order valence-electron chi connectivity index (χ1n) is 10.7. The van der Waals surface area contributed by atoms with Crippen LogP contribution in [-0.2, 0) is 26.1 Å². The van der Waals surface area contributed by atoms with Crippen molar-refractivity contribution in [2.75, 3.05) is 26.2 Å². The molecule has 4 rings (SSSR count). The normalized spacial score (nSPS) is 14.6. The summed E-state index contributed by atoms with van der Waals surface area (Å²) in [6, 6.07) is 16.7. The van der Waals surface area contributed by atoms with E-state index in [1.54, 1.807) is 16.8 Å². The van der Waals surface area contributed by atoms with Crippen LogP contribution in [0.3, 0.4) is 0 Å². The summed E-state index contributed by atoms with van der Waals surface area (Å²) in [4.78, 5) is 15.5. The van der Waals surface area contributed by atoms with Gasteiger partial charge >= 0.3 is 0 Å². The Morgan fingerprint density at radius 1 is 1.03 bits per heavy atom. The summed E-state index contributed by atoms with van der Waals surface area (Å²) in [6.07, 6.45) is 0.710. The van der Waals surface area contributed by atoms with Crippen LogP contribution in [0.1, 0.15) is 16.7 Å². The van der Waals surface area contributed by atoms with Crippen LogP contribution in [-0.4, -0.2) is 40.9 Å². The smallest absolute Gasteiger partial charge is 0.271 e. The van der Waals surface area contributed by atoms with E-state index in [0.717, 1.165) is 37.3 Å². The van der Waals surface area contributed by atoms with E-state index in [-0.39, 0.29) is 17.9 Å². The molecule has 31 heavy (non-hydrogen) atoms. The minimum absolute atomic E-state index is 0.0700. The molecule has 6 nitrogen and oxygen atoms in total. The molecule has 0 unspecified atom stereocenters. The van der Waals surface area contributed by atoms with E-state index in [9.17, 15) is 9.18 Å². The molecule has 0 aliphatic carbocycles. The average Bonchev–Trinajstić information content (AvgIpc) is 2.81.